The number of anilines is 1. The Morgan fingerprint density at radius 2 is 1.96 bits per heavy atom. The second-order valence-electron chi connectivity index (χ2n) is 5.18. The predicted molar refractivity (Wildman–Crippen MR) is 104 cm³/mol. The molecule has 0 bridgehead atoms. The minimum atomic E-state index is -0.179. The Labute approximate surface area is 154 Å². The first-order chi connectivity index (χ1) is 11.7. The van der Waals surface area contributed by atoms with E-state index in [1.165, 1.54) is 23.5 Å². The van der Waals surface area contributed by atoms with Gasteiger partial charge in [0.2, 0.25) is 0 Å². The molecule has 2 aliphatic rings. The van der Waals surface area contributed by atoms with Crippen molar-refractivity contribution in [3.05, 3.63) is 50.5 Å². The summed E-state index contributed by atoms with van der Waals surface area (Å²) in [7, 11) is 0. The average Bonchev–Trinajstić information content (AvgIpc) is 3.08. The average molecular weight is 380 g/mol. The number of thioether (sulfide) groups is 3. The van der Waals surface area contributed by atoms with Crippen LogP contribution in [-0.4, -0.2) is 43.5 Å². The number of rotatable bonds is 5. The van der Waals surface area contributed by atoms with Crippen LogP contribution in [0.25, 0.3) is 0 Å². The Bertz CT molecular complexity index is 705. The van der Waals surface area contributed by atoms with Gasteiger partial charge in [-0.05, 0) is 29.2 Å². The molecule has 0 saturated heterocycles. The highest BCUT2D eigenvalue weighted by molar-refractivity contribution is 8.27. The van der Waals surface area contributed by atoms with Crippen LogP contribution < -0.4 is 4.90 Å². The molecular formula is C17H17NO3S3. The van der Waals surface area contributed by atoms with Gasteiger partial charge in [-0.25, -0.2) is 0 Å². The fourth-order valence-electron chi connectivity index (χ4n) is 2.59. The zero-order valence-corrected chi connectivity index (χ0v) is 15.6. The number of nitrogens with zero attached hydrogens (tertiary/aromatic N) is 1. The fourth-order valence-corrected chi connectivity index (χ4v) is 4.77. The maximum atomic E-state index is 13.0. The van der Waals surface area contributed by atoms with Gasteiger partial charge in [-0.15, -0.1) is 11.8 Å². The van der Waals surface area contributed by atoms with Crippen LogP contribution in [0.3, 0.4) is 0 Å². The van der Waals surface area contributed by atoms with E-state index in [0.717, 1.165) is 9.92 Å². The fraction of sp³-hybridized carbons (Fsp3) is 0.294. The number of fused-ring (bicyclic) bond motifs is 1. The van der Waals surface area contributed by atoms with E-state index in [9.17, 15) is 9.59 Å². The van der Waals surface area contributed by atoms with E-state index in [-0.39, 0.29) is 18.1 Å². The molecule has 2 heterocycles. The molecule has 0 fully saturated rings. The Morgan fingerprint density at radius 1 is 1.21 bits per heavy atom. The van der Waals surface area contributed by atoms with Crippen molar-refractivity contribution in [2.75, 3.05) is 36.8 Å². The van der Waals surface area contributed by atoms with Gasteiger partial charge in [0.05, 0.1) is 28.9 Å². The Kier molecular flexibility index (Phi) is 6.10. The minimum Gasteiger partial charge on any atom is -0.369 e. The maximum Gasteiger partial charge on any atom is 0.200 e. The molecule has 4 nitrogen and oxygen atoms in total. The van der Waals surface area contributed by atoms with Gasteiger partial charge in [-0.3, -0.25) is 9.59 Å². The second-order valence-corrected chi connectivity index (χ2v) is 8.08. The number of ether oxygens (including phenoxy) is 1. The summed E-state index contributed by atoms with van der Waals surface area (Å²) >= 11 is 4.50. The standard InChI is InChI=1S/C17H17NO3S3/c1-22-11-21-7-6-18-10-14(19)15(17-23-8-9-24-17)16(20)12-4-2-3-5-13(12)18/h2-5,8-9H,6-7,10-11H2,1H3. The number of hydrogen-bond acceptors (Lipinski definition) is 7. The van der Waals surface area contributed by atoms with E-state index in [0.29, 0.717) is 30.2 Å². The molecule has 3 rings (SSSR count). The lowest BCUT2D eigenvalue weighted by atomic mass is 10.0. The van der Waals surface area contributed by atoms with Crippen LogP contribution in [0.2, 0.25) is 0 Å². The highest BCUT2D eigenvalue weighted by Crippen LogP contribution is 2.42. The van der Waals surface area contributed by atoms with Crippen molar-refractivity contribution in [1.82, 2.24) is 0 Å². The third-order valence-corrected chi connectivity index (χ3v) is 6.18. The molecular weight excluding hydrogens is 362 g/mol. The first-order valence-electron chi connectivity index (χ1n) is 7.43. The van der Waals surface area contributed by atoms with Crippen molar-refractivity contribution in [3.63, 3.8) is 0 Å². The van der Waals surface area contributed by atoms with Crippen molar-refractivity contribution in [2.45, 2.75) is 0 Å². The molecule has 7 heteroatoms. The maximum absolute atomic E-state index is 13.0. The van der Waals surface area contributed by atoms with Crippen LogP contribution in [0.4, 0.5) is 5.69 Å². The van der Waals surface area contributed by atoms with E-state index in [1.54, 1.807) is 17.8 Å². The molecule has 0 amide bonds. The summed E-state index contributed by atoms with van der Waals surface area (Å²) in [6, 6.07) is 7.43. The molecule has 2 aliphatic heterocycles. The number of para-hydroxylation sites is 1. The summed E-state index contributed by atoms with van der Waals surface area (Å²) in [4.78, 5) is 27.7. The molecule has 1 aromatic rings. The van der Waals surface area contributed by atoms with Gasteiger partial charge in [0.1, 0.15) is 0 Å². The number of Topliss-reactive ketones (excluding diaryl/α,β-unsaturated/α-hetero) is 2. The number of carbonyl (C=O) groups is 2. The molecule has 0 radical (unpaired) electrons. The summed E-state index contributed by atoms with van der Waals surface area (Å²) in [6.07, 6.45) is 1.98. The normalized spacial score (nSPS) is 17.5. The van der Waals surface area contributed by atoms with E-state index in [4.69, 9.17) is 4.74 Å². The van der Waals surface area contributed by atoms with Crippen LogP contribution >= 0.6 is 35.3 Å². The van der Waals surface area contributed by atoms with Crippen LogP contribution in [-0.2, 0) is 9.53 Å². The van der Waals surface area contributed by atoms with Gasteiger partial charge >= 0.3 is 0 Å². The number of hydrogen-bond donors (Lipinski definition) is 0. The molecule has 0 aromatic heterocycles. The molecule has 0 saturated carbocycles. The second kappa shape index (κ2) is 8.29. The molecule has 24 heavy (non-hydrogen) atoms. The van der Waals surface area contributed by atoms with E-state index < -0.39 is 0 Å². The van der Waals surface area contributed by atoms with Gasteiger partial charge in [-0.2, -0.15) is 0 Å². The summed E-state index contributed by atoms with van der Waals surface area (Å²) in [5, 5.41) is 3.80. The largest absolute Gasteiger partial charge is 0.369 e. The topological polar surface area (TPSA) is 46.6 Å². The smallest absolute Gasteiger partial charge is 0.200 e. The number of benzene rings is 1. The van der Waals surface area contributed by atoms with Crippen molar-refractivity contribution in [2.24, 2.45) is 0 Å². The monoisotopic (exact) mass is 379 g/mol. The van der Waals surface area contributed by atoms with Crippen molar-refractivity contribution >= 4 is 52.5 Å². The Hall–Kier alpha value is -1.15. The predicted octanol–water partition coefficient (Wildman–Crippen LogP) is 3.76. The first kappa shape index (κ1) is 17.7. The molecule has 126 valence electrons. The van der Waals surface area contributed by atoms with Gasteiger partial charge in [0.15, 0.2) is 11.6 Å². The summed E-state index contributed by atoms with van der Waals surface area (Å²) in [5.74, 6) is 0.318. The van der Waals surface area contributed by atoms with Gasteiger partial charge in [-0.1, -0.05) is 35.7 Å². The van der Waals surface area contributed by atoms with E-state index in [1.807, 2.05) is 40.2 Å². The van der Waals surface area contributed by atoms with Crippen LogP contribution in [0, 0.1) is 0 Å². The minimum absolute atomic E-state index is 0.125. The SMILES string of the molecule is CSCOCCN1CC(=O)C(=C2SC=CS2)C(=O)c2ccccc21. The zero-order chi connectivity index (χ0) is 16.9. The molecule has 0 N–H and O–H groups in total. The van der Waals surface area contributed by atoms with Crippen molar-refractivity contribution < 1.29 is 14.3 Å². The summed E-state index contributed by atoms with van der Waals surface area (Å²) in [6.45, 7) is 1.30. The third kappa shape index (κ3) is 3.74. The summed E-state index contributed by atoms with van der Waals surface area (Å²) in [5.41, 5.74) is 1.71. The van der Waals surface area contributed by atoms with Gasteiger partial charge in [0, 0.05) is 17.8 Å². The lowest BCUT2D eigenvalue weighted by Crippen LogP contribution is -2.32. The van der Waals surface area contributed by atoms with Crippen molar-refractivity contribution in [3.8, 4) is 0 Å². The van der Waals surface area contributed by atoms with Gasteiger partial charge in [0.25, 0.3) is 0 Å². The first-order valence-corrected chi connectivity index (χ1v) is 10.6. The molecule has 0 spiro atoms. The molecule has 0 aliphatic carbocycles. The lowest BCUT2D eigenvalue weighted by molar-refractivity contribution is -0.114. The third-order valence-electron chi connectivity index (χ3n) is 3.65. The van der Waals surface area contributed by atoms with Gasteiger partial charge < -0.3 is 9.64 Å². The van der Waals surface area contributed by atoms with Crippen LogP contribution in [0.1, 0.15) is 10.4 Å². The Balaban J connectivity index is 1.92. The number of ketones is 2. The highest BCUT2D eigenvalue weighted by atomic mass is 32.2. The molecule has 1 aromatic carbocycles. The van der Waals surface area contributed by atoms with E-state index >= 15 is 0 Å². The highest BCUT2D eigenvalue weighted by Gasteiger charge is 2.32. The van der Waals surface area contributed by atoms with Crippen molar-refractivity contribution in [1.29, 1.82) is 0 Å². The molecule has 0 atom stereocenters. The molecule has 0 unspecified atom stereocenters. The zero-order valence-electron chi connectivity index (χ0n) is 13.2. The summed E-state index contributed by atoms with van der Waals surface area (Å²) < 4.78 is 6.30. The van der Waals surface area contributed by atoms with E-state index in [2.05, 4.69) is 0 Å². The lowest BCUT2D eigenvalue weighted by Gasteiger charge is -2.23. The quantitative estimate of drug-likeness (QED) is 0.334. The number of carbonyl (C=O) groups excluding carboxylic acids is 2. The van der Waals surface area contributed by atoms with Crippen LogP contribution in [0.15, 0.2) is 44.9 Å². The van der Waals surface area contributed by atoms with Crippen LogP contribution in [0.5, 0.6) is 0 Å². The Morgan fingerprint density at radius 3 is 2.71 bits per heavy atom.